The third kappa shape index (κ3) is 9.91. The van der Waals surface area contributed by atoms with Gasteiger partial charge >= 0.3 is 0 Å². The molecule has 0 aliphatic rings. The van der Waals surface area contributed by atoms with E-state index in [0.717, 1.165) is 25.7 Å². The van der Waals surface area contributed by atoms with Gasteiger partial charge in [0, 0.05) is 19.6 Å². The molecule has 19 heavy (non-hydrogen) atoms. The molecule has 0 bridgehead atoms. The normalized spacial score (nSPS) is 14.4. The zero-order valence-corrected chi connectivity index (χ0v) is 12.8. The van der Waals surface area contributed by atoms with E-state index in [0.29, 0.717) is 31.3 Å². The SMILES string of the molecule is CCCC(CCO)CNC(=O)C[C@@H](CN)CC(C)C. The summed E-state index contributed by atoms with van der Waals surface area (Å²) in [5.74, 6) is 1.33. The molecule has 0 fully saturated rings. The molecule has 4 nitrogen and oxygen atoms in total. The van der Waals surface area contributed by atoms with Crippen LogP contribution < -0.4 is 11.1 Å². The third-order valence-electron chi connectivity index (χ3n) is 3.43. The number of aliphatic hydroxyl groups is 1. The first-order valence-corrected chi connectivity index (χ1v) is 7.61. The Morgan fingerprint density at radius 3 is 2.42 bits per heavy atom. The first kappa shape index (κ1) is 18.4. The molecule has 0 aromatic rings. The largest absolute Gasteiger partial charge is 0.396 e. The molecule has 0 aliphatic heterocycles. The lowest BCUT2D eigenvalue weighted by molar-refractivity contribution is -0.122. The molecular weight excluding hydrogens is 240 g/mol. The summed E-state index contributed by atoms with van der Waals surface area (Å²) < 4.78 is 0. The van der Waals surface area contributed by atoms with Gasteiger partial charge in [-0.15, -0.1) is 0 Å². The van der Waals surface area contributed by atoms with Gasteiger partial charge in [0.1, 0.15) is 0 Å². The highest BCUT2D eigenvalue weighted by molar-refractivity contribution is 5.76. The van der Waals surface area contributed by atoms with Crippen LogP contribution in [0.2, 0.25) is 0 Å². The highest BCUT2D eigenvalue weighted by atomic mass is 16.3. The van der Waals surface area contributed by atoms with Crippen LogP contribution >= 0.6 is 0 Å². The van der Waals surface area contributed by atoms with Gasteiger partial charge in [0.15, 0.2) is 0 Å². The number of carbonyl (C=O) groups excluding carboxylic acids is 1. The number of hydrogen-bond donors (Lipinski definition) is 3. The van der Waals surface area contributed by atoms with Crippen LogP contribution in [0.5, 0.6) is 0 Å². The van der Waals surface area contributed by atoms with Crippen LogP contribution in [0.25, 0.3) is 0 Å². The van der Waals surface area contributed by atoms with Gasteiger partial charge in [0.25, 0.3) is 0 Å². The van der Waals surface area contributed by atoms with Crippen molar-refractivity contribution in [3.05, 3.63) is 0 Å². The Labute approximate surface area is 118 Å². The number of carbonyl (C=O) groups is 1. The summed E-state index contributed by atoms with van der Waals surface area (Å²) in [5, 5.41) is 12.0. The second-order valence-corrected chi connectivity index (χ2v) is 5.91. The number of hydrogen-bond acceptors (Lipinski definition) is 3. The maximum atomic E-state index is 11.9. The van der Waals surface area contributed by atoms with Crippen LogP contribution in [0, 0.1) is 17.8 Å². The highest BCUT2D eigenvalue weighted by Crippen LogP contribution is 2.14. The fraction of sp³-hybridized carbons (Fsp3) is 0.933. The van der Waals surface area contributed by atoms with Gasteiger partial charge in [0.05, 0.1) is 0 Å². The van der Waals surface area contributed by atoms with Crippen molar-refractivity contribution in [3.63, 3.8) is 0 Å². The summed E-state index contributed by atoms with van der Waals surface area (Å²) in [6.45, 7) is 7.86. The van der Waals surface area contributed by atoms with Crippen molar-refractivity contribution < 1.29 is 9.90 Å². The van der Waals surface area contributed by atoms with Crippen molar-refractivity contribution in [2.45, 2.75) is 52.9 Å². The summed E-state index contributed by atoms with van der Waals surface area (Å²) in [6, 6.07) is 0. The molecule has 1 amide bonds. The maximum absolute atomic E-state index is 11.9. The lowest BCUT2D eigenvalue weighted by Gasteiger charge is -2.19. The topological polar surface area (TPSA) is 75.3 Å². The molecule has 0 radical (unpaired) electrons. The van der Waals surface area contributed by atoms with Gasteiger partial charge < -0.3 is 16.2 Å². The van der Waals surface area contributed by atoms with E-state index in [-0.39, 0.29) is 18.4 Å². The minimum atomic E-state index is 0.0927. The minimum absolute atomic E-state index is 0.0927. The number of nitrogens with one attached hydrogen (secondary N) is 1. The molecule has 2 atom stereocenters. The monoisotopic (exact) mass is 272 g/mol. The van der Waals surface area contributed by atoms with Crippen LogP contribution in [0.3, 0.4) is 0 Å². The molecule has 114 valence electrons. The number of aliphatic hydroxyl groups excluding tert-OH is 1. The zero-order valence-electron chi connectivity index (χ0n) is 12.8. The lowest BCUT2D eigenvalue weighted by atomic mass is 9.93. The van der Waals surface area contributed by atoms with Crippen LogP contribution in [0.1, 0.15) is 52.9 Å². The molecule has 0 aromatic heterocycles. The van der Waals surface area contributed by atoms with Gasteiger partial charge in [-0.05, 0) is 43.6 Å². The van der Waals surface area contributed by atoms with Crippen molar-refractivity contribution in [1.29, 1.82) is 0 Å². The Morgan fingerprint density at radius 2 is 1.95 bits per heavy atom. The Balaban J connectivity index is 4.00. The average molecular weight is 272 g/mol. The number of nitrogens with two attached hydrogens (primary N) is 1. The summed E-state index contributed by atoms with van der Waals surface area (Å²) in [7, 11) is 0. The maximum Gasteiger partial charge on any atom is 0.220 e. The molecule has 0 saturated heterocycles. The molecule has 1 unspecified atom stereocenters. The number of amides is 1. The summed E-state index contributed by atoms with van der Waals surface area (Å²) in [4.78, 5) is 11.9. The van der Waals surface area contributed by atoms with Crippen LogP contribution in [-0.2, 0) is 4.79 Å². The van der Waals surface area contributed by atoms with Crippen LogP contribution in [-0.4, -0.2) is 30.7 Å². The van der Waals surface area contributed by atoms with Crippen LogP contribution in [0.4, 0.5) is 0 Å². The molecular formula is C15H32N2O2. The quantitative estimate of drug-likeness (QED) is 0.538. The van der Waals surface area contributed by atoms with Gasteiger partial charge in [-0.2, -0.15) is 0 Å². The average Bonchev–Trinajstić information content (AvgIpc) is 2.35. The fourth-order valence-electron chi connectivity index (χ4n) is 2.46. The molecule has 0 saturated carbocycles. The van der Waals surface area contributed by atoms with E-state index in [4.69, 9.17) is 10.8 Å². The Kier molecular flexibility index (Phi) is 10.9. The second kappa shape index (κ2) is 11.2. The van der Waals surface area contributed by atoms with Gasteiger partial charge in [-0.1, -0.05) is 27.2 Å². The number of rotatable bonds is 11. The van der Waals surface area contributed by atoms with E-state index in [1.165, 1.54) is 0 Å². The highest BCUT2D eigenvalue weighted by Gasteiger charge is 2.15. The van der Waals surface area contributed by atoms with Gasteiger partial charge in [0.2, 0.25) is 5.91 Å². The fourth-order valence-corrected chi connectivity index (χ4v) is 2.46. The minimum Gasteiger partial charge on any atom is -0.396 e. The summed E-state index contributed by atoms with van der Waals surface area (Å²) in [6.07, 6.45) is 4.42. The zero-order chi connectivity index (χ0) is 14.7. The van der Waals surface area contributed by atoms with Crippen molar-refractivity contribution >= 4 is 5.91 Å². The Hall–Kier alpha value is -0.610. The van der Waals surface area contributed by atoms with Gasteiger partial charge in [-0.25, -0.2) is 0 Å². The van der Waals surface area contributed by atoms with E-state index >= 15 is 0 Å². The van der Waals surface area contributed by atoms with E-state index in [9.17, 15) is 4.79 Å². The molecule has 0 spiro atoms. The van der Waals surface area contributed by atoms with Crippen molar-refractivity contribution in [2.75, 3.05) is 19.7 Å². The van der Waals surface area contributed by atoms with E-state index in [1.807, 2.05) is 0 Å². The standard InChI is InChI=1S/C15H32N2O2/c1-4-5-13(6-7-18)11-17-15(19)9-14(10-16)8-12(2)3/h12-14,18H,4-11,16H2,1-3H3,(H,17,19)/t13?,14-/m0/s1. The third-order valence-corrected chi connectivity index (χ3v) is 3.43. The first-order chi connectivity index (χ1) is 9.03. The summed E-state index contributed by atoms with van der Waals surface area (Å²) >= 11 is 0. The Bertz CT molecular complexity index is 226. The van der Waals surface area contributed by atoms with Crippen molar-refractivity contribution in [2.24, 2.45) is 23.5 Å². The van der Waals surface area contributed by atoms with Crippen molar-refractivity contribution in [1.82, 2.24) is 5.32 Å². The van der Waals surface area contributed by atoms with Gasteiger partial charge in [-0.3, -0.25) is 4.79 Å². The predicted octanol–water partition coefficient (Wildman–Crippen LogP) is 1.91. The molecule has 0 aliphatic carbocycles. The van der Waals surface area contributed by atoms with Crippen molar-refractivity contribution in [3.8, 4) is 0 Å². The smallest absolute Gasteiger partial charge is 0.220 e. The second-order valence-electron chi connectivity index (χ2n) is 5.91. The first-order valence-electron chi connectivity index (χ1n) is 7.61. The van der Waals surface area contributed by atoms with E-state index in [2.05, 4.69) is 26.1 Å². The lowest BCUT2D eigenvalue weighted by Crippen LogP contribution is -2.32. The molecule has 0 heterocycles. The predicted molar refractivity (Wildman–Crippen MR) is 79.7 cm³/mol. The molecule has 4 N–H and O–H groups in total. The van der Waals surface area contributed by atoms with E-state index < -0.39 is 0 Å². The molecule has 4 heteroatoms. The summed E-state index contributed by atoms with van der Waals surface area (Å²) in [5.41, 5.74) is 5.71. The van der Waals surface area contributed by atoms with Crippen LogP contribution in [0.15, 0.2) is 0 Å². The molecule has 0 aromatic carbocycles. The van der Waals surface area contributed by atoms with E-state index in [1.54, 1.807) is 0 Å². The molecule has 0 rings (SSSR count). The Morgan fingerprint density at radius 1 is 1.26 bits per heavy atom.